The van der Waals surface area contributed by atoms with Gasteiger partial charge in [0.2, 0.25) is 18.6 Å². The molecule has 2 amide bonds. The summed E-state index contributed by atoms with van der Waals surface area (Å²) < 4.78 is 10.8. The van der Waals surface area contributed by atoms with Crippen molar-refractivity contribution in [3.63, 3.8) is 0 Å². The molecular weight excluding hydrogens is 463 g/mol. The van der Waals surface area contributed by atoms with Crippen molar-refractivity contribution < 1.29 is 19.1 Å². The second-order valence-electron chi connectivity index (χ2n) is 9.12. The van der Waals surface area contributed by atoms with Gasteiger partial charge in [0.05, 0.1) is 10.0 Å². The van der Waals surface area contributed by atoms with Crippen LogP contribution in [0.15, 0.2) is 36.4 Å². The van der Waals surface area contributed by atoms with E-state index in [1.54, 1.807) is 17.0 Å². The van der Waals surface area contributed by atoms with Crippen molar-refractivity contribution in [2.24, 2.45) is 0 Å². The average molecular weight is 493 g/mol. The van der Waals surface area contributed by atoms with Crippen LogP contribution in [0.25, 0.3) is 0 Å². The number of carbonyl (C=O) groups is 2. The maximum atomic E-state index is 13.4. The van der Waals surface area contributed by atoms with Crippen molar-refractivity contribution in [2.45, 2.75) is 65.1 Å². The van der Waals surface area contributed by atoms with Gasteiger partial charge in [0.25, 0.3) is 0 Å². The number of hydrogen-bond donors (Lipinski definition) is 1. The fourth-order valence-corrected chi connectivity index (χ4v) is 4.02. The van der Waals surface area contributed by atoms with E-state index in [0.717, 1.165) is 11.1 Å². The van der Waals surface area contributed by atoms with E-state index in [0.29, 0.717) is 34.4 Å². The lowest BCUT2D eigenvalue weighted by Crippen LogP contribution is -2.53. The Kier molecular flexibility index (Phi) is 8.14. The number of carbonyl (C=O) groups excluding carboxylic acids is 2. The Morgan fingerprint density at radius 1 is 1.03 bits per heavy atom. The summed E-state index contributed by atoms with van der Waals surface area (Å²) in [6.45, 7) is 8.12. The summed E-state index contributed by atoms with van der Waals surface area (Å²) in [5.74, 6) is 1.09. The first kappa shape index (κ1) is 25.2. The van der Waals surface area contributed by atoms with Crippen LogP contribution < -0.4 is 14.8 Å². The normalized spacial score (nSPS) is 13.5. The first-order valence-electron chi connectivity index (χ1n) is 11.0. The van der Waals surface area contributed by atoms with Crippen LogP contribution in [0.1, 0.15) is 51.7 Å². The molecule has 1 N–H and O–H groups in total. The van der Waals surface area contributed by atoms with Gasteiger partial charge in [-0.15, -0.1) is 0 Å². The minimum Gasteiger partial charge on any atom is -0.454 e. The second-order valence-corrected chi connectivity index (χ2v) is 9.94. The predicted molar refractivity (Wildman–Crippen MR) is 130 cm³/mol. The largest absolute Gasteiger partial charge is 0.454 e. The highest BCUT2D eigenvalue weighted by Crippen LogP contribution is 2.33. The van der Waals surface area contributed by atoms with Crippen molar-refractivity contribution in [2.75, 3.05) is 6.79 Å². The minimum atomic E-state index is -0.608. The van der Waals surface area contributed by atoms with Crippen molar-refractivity contribution in [3.8, 4) is 11.5 Å². The third kappa shape index (κ3) is 6.78. The number of nitrogens with one attached hydrogen (secondary N) is 1. The first-order valence-corrected chi connectivity index (χ1v) is 11.8. The highest BCUT2D eigenvalue weighted by molar-refractivity contribution is 6.42. The zero-order chi connectivity index (χ0) is 24.2. The maximum absolute atomic E-state index is 13.4. The molecule has 2 aromatic rings. The highest BCUT2D eigenvalue weighted by Gasteiger charge is 2.30. The van der Waals surface area contributed by atoms with Crippen LogP contribution >= 0.6 is 23.2 Å². The van der Waals surface area contributed by atoms with Gasteiger partial charge in [0.1, 0.15) is 6.04 Å². The van der Waals surface area contributed by atoms with Crippen LogP contribution in [-0.4, -0.2) is 35.1 Å². The Morgan fingerprint density at radius 3 is 2.39 bits per heavy atom. The standard InChI is InChI=1S/C25H30Cl2N2O4/c1-5-20(24(31)28-25(2,3)4)29(14-17-6-9-18(26)19(27)12-17)23(30)11-8-16-7-10-21-22(13-16)33-15-32-21/h6-7,9-10,12-13,20H,5,8,11,14-15H2,1-4H3,(H,28,31). The molecule has 0 aliphatic carbocycles. The van der Waals surface area contributed by atoms with Crippen LogP contribution in [0, 0.1) is 0 Å². The molecule has 0 fully saturated rings. The number of benzene rings is 2. The Bertz CT molecular complexity index is 1020. The summed E-state index contributed by atoms with van der Waals surface area (Å²) in [7, 11) is 0. The smallest absolute Gasteiger partial charge is 0.243 e. The number of rotatable bonds is 8. The summed E-state index contributed by atoms with van der Waals surface area (Å²) in [6.07, 6.45) is 1.25. The number of nitrogens with zero attached hydrogens (tertiary/aromatic N) is 1. The van der Waals surface area contributed by atoms with E-state index < -0.39 is 11.6 Å². The fourth-order valence-electron chi connectivity index (χ4n) is 3.70. The van der Waals surface area contributed by atoms with Crippen molar-refractivity contribution in [1.29, 1.82) is 0 Å². The Labute approximate surface area is 205 Å². The molecule has 2 aromatic carbocycles. The molecule has 0 radical (unpaired) electrons. The molecule has 1 aliphatic rings. The third-order valence-corrected chi connectivity index (χ3v) is 6.02. The van der Waals surface area contributed by atoms with Gasteiger partial charge in [-0.2, -0.15) is 0 Å². The first-order chi connectivity index (χ1) is 15.6. The lowest BCUT2D eigenvalue weighted by atomic mass is 10.0. The molecule has 0 aromatic heterocycles. The molecule has 1 unspecified atom stereocenters. The Hall–Kier alpha value is -2.44. The molecule has 8 heteroatoms. The van der Waals surface area contributed by atoms with E-state index in [1.807, 2.05) is 52.0 Å². The summed E-state index contributed by atoms with van der Waals surface area (Å²) in [6, 6.07) is 10.3. The topological polar surface area (TPSA) is 67.9 Å². The van der Waals surface area contributed by atoms with Crippen LogP contribution in [0.3, 0.4) is 0 Å². The van der Waals surface area contributed by atoms with E-state index in [-0.39, 0.29) is 31.6 Å². The summed E-state index contributed by atoms with van der Waals surface area (Å²) in [4.78, 5) is 28.1. The summed E-state index contributed by atoms with van der Waals surface area (Å²) in [5.41, 5.74) is 1.37. The summed E-state index contributed by atoms with van der Waals surface area (Å²) in [5, 5.41) is 3.86. The fraction of sp³-hybridized carbons (Fsp3) is 0.440. The van der Waals surface area contributed by atoms with Crippen molar-refractivity contribution in [1.82, 2.24) is 10.2 Å². The molecule has 1 aliphatic heterocycles. The van der Waals surface area contributed by atoms with Crippen LogP contribution in [0.2, 0.25) is 10.0 Å². The number of aryl methyl sites for hydroxylation is 1. The monoisotopic (exact) mass is 492 g/mol. The lowest BCUT2D eigenvalue weighted by Gasteiger charge is -2.33. The van der Waals surface area contributed by atoms with E-state index >= 15 is 0 Å². The third-order valence-electron chi connectivity index (χ3n) is 5.29. The molecular formula is C25H30Cl2N2O4. The maximum Gasteiger partial charge on any atom is 0.243 e. The molecule has 1 atom stereocenters. The van der Waals surface area contributed by atoms with Crippen molar-refractivity contribution >= 4 is 35.0 Å². The van der Waals surface area contributed by atoms with E-state index in [9.17, 15) is 9.59 Å². The molecule has 0 saturated heterocycles. The van der Waals surface area contributed by atoms with Crippen LogP contribution in [0.4, 0.5) is 0 Å². The molecule has 0 bridgehead atoms. The van der Waals surface area contributed by atoms with Gasteiger partial charge in [-0.3, -0.25) is 9.59 Å². The van der Waals surface area contributed by atoms with E-state index in [4.69, 9.17) is 32.7 Å². The van der Waals surface area contributed by atoms with Crippen LogP contribution in [0.5, 0.6) is 11.5 Å². The predicted octanol–water partition coefficient (Wildman–Crippen LogP) is 5.38. The molecule has 1 heterocycles. The molecule has 178 valence electrons. The van der Waals surface area contributed by atoms with Gasteiger partial charge >= 0.3 is 0 Å². The molecule has 33 heavy (non-hydrogen) atoms. The zero-order valence-corrected chi connectivity index (χ0v) is 20.9. The highest BCUT2D eigenvalue weighted by atomic mass is 35.5. The molecule has 0 saturated carbocycles. The van der Waals surface area contributed by atoms with Gasteiger partial charge in [-0.25, -0.2) is 0 Å². The van der Waals surface area contributed by atoms with Gasteiger partial charge in [-0.05, 0) is 69.0 Å². The van der Waals surface area contributed by atoms with Crippen LogP contribution in [-0.2, 0) is 22.6 Å². The number of ether oxygens (including phenoxy) is 2. The second kappa shape index (κ2) is 10.7. The summed E-state index contributed by atoms with van der Waals surface area (Å²) >= 11 is 12.2. The SMILES string of the molecule is CCC(C(=O)NC(C)(C)C)N(Cc1ccc(Cl)c(Cl)c1)C(=O)CCc1ccc2c(c1)OCO2. The molecule has 3 rings (SSSR count). The van der Waals surface area contributed by atoms with E-state index in [1.165, 1.54) is 0 Å². The number of fused-ring (bicyclic) bond motifs is 1. The molecule has 0 spiro atoms. The number of halogens is 2. The number of amides is 2. The van der Waals surface area contributed by atoms with Gasteiger partial charge in [0, 0.05) is 18.5 Å². The lowest BCUT2D eigenvalue weighted by molar-refractivity contribution is -0.142. The van der Waals surface area contributed by atoms with E-state index in [2.05, 4.69) is 5.32 Å². The van der Waals surface area contributed by atoms with Crippen molar-refractivity contribution in [3.05, 3.63) is 57.6 Å². The van der Waals surface area contributed by atoms with Gasteiger partial charge < -0.3 is 19.7 Å². The average Bonchev–Trinajstić information content (AvgIpc) is 3.21. The Balaban J connectivity index is 1.80. The number of hydrogen-bond acceptors (Lipinski definition) is 4. The Morgan fingerprint density at radius 2 is 1.73 bits per heavy atom. The zero-order valence-electron chi connectivity index (χ0n) is 19.4. The quantitative estimate of drug-likeness (QED) is 0.537. The van der Waals surface area contributed by atoms with Gasteiger partial charge in [0.15, 0.2) is 11.5 Å². The molecule has 6 nitrogen and oxygen atoms in total. The van der Waals surface area contributed by atoms with Gasteiger partial charge in [-0.1, -0.05) is 42.3 Å². The minimum absolute atomic E-state index is 0.116.